The third-order valence-electron chi connectivity index (χ3n) is 6.40. The first-order valence-electron chi connectivity index (χ1n) is 11.3. The van der Waals surface area contributed by atoms with E-state index >= 15 is 0 Å². The van der Waals surface area contributed by atoms with E-state index in [1.54, 1.807) is 53.6 Å². The molecule has 178 valence electrons. The molecule has 3 aromatic carbocycles. The lowest BCUT2D eigenvalue weighted by Crippen LogP contribution is -2.37. The van der Waals surface area contributed by atoms with Crippen LogP contribution in [-0.2, 0) is 14.4 Å². The number of carbonyl (C=O) groups is 2. The predicted octanol–water partition coefficient (Wildman–Crippen LogP) is 4.91. The highest BCUT2D eigenvalue weighted by atomic mass is 16.7. The number of para-hydroxylation sites is 2. The molecule has 9 heteroatoms. The van der Waals surface area contributed by atoms with Gasteiger partial charge in [0.25, 0.3) is 11.6 Å². The fraction of sp³-hybridized carbons (Fsp3) is 0.111. The molecule has 2 saturated heterocycles. The Morgan fingerprint density at radius 1 is 0.778 bits per heavy atom. The number of hydrogen-bond donors (Lipinski definition) is 0. The maximum absolute atomic E-state index is 13.6. The third-order valence-corrected chi connectivity index (χ3v) is 6.40. The number of hydroxylamine groups is 1. The molecule has 9 nitrogen and oxygen atoms in total. The van der Waals surface area contributed by atoms with Crippen molar-refractivity contribution in [2.24, 2.45) is 5.92 Å². The molecule has 2 aliphatic heterocycles. The van der Waals surface area contributed by atoms with E-state index in [4.69, 9.17) is 9.25 Å². The predicted molar refractivity (Wildman–Crippen MR) is 130 cm³/mol. The van der Waals surface area contributed by atoms with Crippen LogP contribution in [0.2, 0.25) is 0 Å². The fourth-order valence-corrected chi connectivity index (χ4v) is 4.77. The zero-order valence-corrected chi connectivity index (χ0v) is 18.8. The second-order valence-electron chi connectivity index (χ2n) is 8.51. The van der Waals surface area contributed by atoms with Crippen molar-refractivity contribution in [3.63, 3.8) is 0 Å². The summed E-state index contributed by atoms with van der Waals surface area (Å²) < 4.78 is 6.15. The minimum Gasteiger partial charge on any atom is -0.459 e. The number of non-ortho nitro benzene ring substituents is 1. The highest BCUT2D eigenvalue weighted by Crippen LogP contribution is 2.48. The lowest BCUT2D eigenvalue weighted by atomic mass is 9.94. The first-order chi connectivity index (χ1) is 17.5. The van der Waals surface area contributed by atoms with E-state index in [9.17, 15) is 19.7 Å². The second kappa shape index (κ2) is 8.47. The molecule has 1 aromatic heterocycles. The molecule has 4 aromatic rings. The summed E-state index contributed by atoms with van der Waals surface area (Å²) in [6, 6.07) is 26.7. The first kappa shape index (κ1) is 21.8. The molecule has 2 fully saturated rings. The van der Waals surface area contributed by atoms with E-state index in [2.05, 4.69) is 0 Å². The van der Waals surface area contributed by atoms with Crippen molar-refractivity contribution < 1.29 is 23.8 Å². The smallest absolute Gasteiger partial charge is 0.270 e. The first-order valence-corrected chi connectivity index (χ1v) is 11.3. The van der Waals surface area contributed by atoms with Crippen molar-refractivity contribution in [1.82, 2.24) is 0 Å². The monoisotopic (exact) mass is 481 g/mol. The van der Waals surface area contributed by atoms with Crippen LogP contribution >= 0.6 is 0 Å². The zero-order valence-electron chi connectivity index (χ0n) is 18.8. The molecule has 36 heavy (non-hydrogen) atoms. The number of hydrogen-bond acceptors (Lipinski definition) is 7. The van der Waals surface area contributed by atoms with Crippen LogP contribution in [0.1, 0.15) is 11.8 Å². The summed E-state index contributed by atoms with van der Waals surface area (Å²) in [5.41, 5.74) is 1.61. The summed E-state index contributed by atoms with van der Waals surface area (Å²) in [5.74, 6) is -0.856. The van der Waals surface area contributed by atoms with Crippen LogP contribution in [0.15, 0.2) is 101 Å². The Hall–Kier alpha value is -4.76. The van der Waals surface area contributed by atoms with E-state index < -0.39 is 28.9 Å². The Balaban J connectivity index is 1.42. The highest BCUT2D eigenvalue weighted by Gasteiger charge is 2.61. The fourth-order valence-electron chi connectivity index (χ4n) is 4.77. The van der Waals surface area contributed by atoms with Gasteiger partial charge >= 0.3 is 0 Å². The van der Waals surface area contributed by atoms with Gasteiger partial charge < -0.3 is 4.42 Å². The quantitative estimate of drug-likeness (QED) is 0.227. The average Bonchev–Trinajstić information content (AvgIpc) is 3.60. The number of anilines is 2. The number of rotatable bonds is 5. The van der Waals surface area contributed by atoms with Crippen molar-refractivity contribution in [3.05, 3.63) is 113 Å². The normalized spacial score (nSPS) is 21.2. The van der Waals surface area contributed by atoms with E-state index in [0.29, 0.717) is 28.5 Å². The molecule has 2 amide bonds. The van der Waals surface area contributed by atoms with Crippen molar-refractivity contribution in [2.75, 3.05) is 9.96 Å². The van der Waals surface area contributed by atoms with Crippen LogP contribution in [0.25, 0.3) is 11.3 Å². The topological polar surface area (TPSA) is 106 Å². The van der Waals surface area contributed by atoms with E-state index in [0.717, 1.165) is 4.90 Å². The summed E-state index contributed by atoms with van der Waals surface area (Å²) in [6.45, 7) is 0. The Labute approximate surface area is 205 Å². The molecule has 3 heterocycles. The van der Waals surface area contributed by atoms with Crippen molar-refractivity contribution in [3.8, 4) is 11.3 Å². The van der Waals surface area contributed by atoms with Gasteiger partial charge in [0.15, 0.2) is 6.10 Å². The van der Waals surface area contributed by atoms with Gasteiger partial charge in [-0.3, -0.25) is 24.5 Å². The summed E-state index contributed by atoms with van der Waals surface area (Å²) in [7, 11) is 0. The van der Waals surface area contributed by atoms with Crippen molar-refractivity contribution >= 4 is 28.9 Å². The number of nitro groups is 1. The van der Waals surface area contributed by atoms with Gasteiger partial charge in [-0.2, -0.15) is 0 Å². The van der Waals surface area contributed by atoms with Gasteiger partial charge in [0.2, 0.25) is 5.91 Å². The van der Waals surface area contributed by atoms with Gasteiger partial charge in [0, 0.05) is 17.7 Å². The molecule has 6 rings (SSSR count). The minimum atomic E-state index is -1.02. The van der Waals surface area contributed by atoms with Gasteiger partial charge in [-0.05, 0) is 36.4 Å². The average molecular weight is 481 g/mol. The molecule has 0 saturated carbocycles. The molecule has 0 aliphatic carbocycles. The summed E-state index contributed by atoms with van der Waals surface area (Å²) >= 11 is 0. The van der Waals surface area contributed by atoms with E-state index in [-0.39, 0.29) is 11.6 Å². The highest BCUT2D eigenvalue weighted by molar-refractivity contribution is 6.23. The molecule has 3 atom stereocenters. The Morgan fingerprint density at radius 2 is 1.47 bits per heavy atom. The molecule has 2 aliphatic rings. The SMILES string of the molecule is O=C1[C@@H]2[C@@H](c3ccc(-c4cccc([N+](=O)[O-])c4)o3)N(c3ccccc3)O[C@H]2C(=O)N1c1ccccc1. The van der Waals surface area contributed by atoms with E-state index in [1.807, 2.05) is 36.4 Å². The largest absolute Gasteiger partial charge is 0.459 e. The molecular weight excluding hydrogens is 462 g/mol. The Morgan fingerprint density at radius 3 is 2.17 bits per heavy atom. The number of benzene rings is 3. The van der Waals surface area contributed by atoms with Crippen LogP contribution in [0.4, 0.5) is 17.1 Å². The minimum absolute atomic E-state index is 0.0595. The second-order valence-corrected chi connectivity index (χ2v) is 8.51. The molecular formula is C27H19N3O6. The standard InChI is InChI=1S/C27H19N3O6/c31-26-23-24(22-15-14-21(35-22)17-8-7-13-20(16-17)30(33)34)29(19-11-5-2-6-12-19)36-25(23)27(32)28(26)18-9-3-1-4-10-18/h1-16,23-25H/t23-,24-,25-/m1/s1. The number of nitro benzene ring substituents is 1. The van der Waals surface area contributed by atoms with Crippen LogP contribution in [0.3, 0.4) is 0 Å². The van der Waals surface area contributed by atoms with Crippen LogP contribution in [0, 0.1) is 16.0 Å². The Bertz CT molecular complexity index is 1470. The maximum atomic E-state index is 13.6. The number of amides is 2. The maximum Gasteiger partial charge on any atom is 0.270 e. The number of carbonyl (C=O) groups excluding carboxylic acids is 2. The summed E-state index contributed by atoms with van der Waals surface area (Å²) in [6.07, 6.45) is -1.02. The third kappa shape index (κ3) is 3.45. The van der Waals surface area contributed by atoms with Gasteiger partial charge in [0.05, 0.1) is 16.3 Å². The number of furan rings is 1. The molecule has 0 unspecified atom stereocenters. The lowest BCUT2D eigenvalue weighted by molar-refractivity contribution is -0.384. The molecule has 0 bridgehead atoms. The van der Waals surface area contributed by atoms with Crippen LogP contribution in [-0.4, -0.2) is 22.8 Å². The van der Waals surface area contributed by atoms with Gasteiger partial charge in [0.1, 0.15) is 23.5 Å². The lowest BCUT2D eigenvalue weighted by Gasteiger charge is -2.27. The van der Waals surface area contributed by atoms with Crippen LogP contribution in [0.5, 0.6) is 0 Å². The zero-order chi connectivity index (χ0) is 24.8. The number of fused-ring (bicyclic) bond motifs is 1. The number of nitrogens with zero attached hydrogens (tertiary/aromatic N) is 3. The van der Waals surface area contributed by atoms with Gasteiger partial charge in [-0.25, -0.2) is 9.96 Å². The Kier molecular flexibility index (Phi) is 5.12. The van der Waals surface area contributed by atoms with Crippen molar-refractivity contribution in [1.29, 1.82) is 0 Å². The number of imide groups is 1. The van der Waals surface area contributed by atoms with Crippen molar-refractivity contribution in [2.45, 2.75) is 12.1 Å². The van der Waals surface area contributed by atoms with Gasteiger partial charge in [-0.1, -0.05) is 48.5 Å². The van der Waals surface area contributed by atoms with Gasteiger partial charge in [-0.15, -0.1) is 0 Å². The molecule has 0 N–H and O–H groups in total. The molecule has 0 radical (unpaired) electrons. The summed E-state index contributed by atoms with van der Waals surface area (Å²) in [4.78, 5) is 45.0. The molecule has 0 spiro atoms. The van der Waals surface area contributed by atoms with E-state index in [1.165, 1.54) is 12.1 Å². The van der Waals surface area contributed by atoms with Crippen LogP contribution < -0.4 is 9.96 Å². The summed E-state index contributed by atoms with van der Waals surface area (Å²) in [5, 5.41) is 12.8.